The van der Waals surface area contributed by atoms with Crippen LogP contribution in [0.1, 0.15) is 44.9 Å². The molecule has 1 unspecified atom stereocenters. The van der Waals surface area contributed by atoms with Crippen molar-refractivity contribution < 1.29 is 14.3 Å². The molecule has 0 aromatic heterocycles. The second kappa shape index (κ2) is 9.03. The Labute approximate surface area is 155 Å². The maximum Gasteiger partial charge on any atom is 0.258 e. The highest BCUT2D eigenvalue weighted by Crippen LogP contribution is 2.26. The summed E-state index contributed by atoms with van der Waals surface area (Å²) in [7, 11) is 0. The second-order valence-corrected chi connectivity index (χ2v) is 7.24. The summed E-state index contributed by atoms with van der Waals surface area (Å²) in [4.78, 5) is 25.8. The van der Waals surface area contributed by atoms with Crippen LogP contribution >= 0.6 is 0 Å². The minimum atomic E-state index is -0.134. The lowest BCUT2D eigenvalue weighted by molar-refractivity contribution is -0.124. The molecule has 1 aliphatic carbocycles. The molecule has 1 aromatic rings. The van der Waals surface area contributed by atoms with Crippen molar-refractivity contribution in [3.63, 3.8) is 0 Å². The summed E-state index contributed by atoms with van der Waals surface area (Å²) in [5, 5.41) is 3.03. The summed E-state index contributed by atoms with van der Waals surface area (Å²) >= 11 is 0. The quantitative estimate of drug-likeness (QED) is 0.782. The Kier molecular flexibility index (Phi) is 6.50. The van der Waals surface area contributed by atoms with Gasteiger partial charge in [0, 0.05) is 31.2 Å². The van der Waals surface area contributed by atoms with Gasteiger partial charge in [-0.05, 0) is 49.4 Å². The number of benzene rings is 1. The summed E-state index contributed by atoms with van der Waals surface area (Å²) in [5.41, 5.74) is 6.74. The summed E-state index contributed by atoms with van der Waals surface area (Å²) < 4.78 is 5.59. The zero-order valence-corrected chi connectivity index (χ0v) is 15.3. The average Bonchev–Trinajstić information content (AvgIpc) is 3.11. The first kappa shape index (κ1) is 18.7. The number of carbonyl (C=O) groups is 2. The number of carbonyl (C=O) groups excluding carboxylic acids is 2. The van der Waals surface area contributed by atoms with Gasteiger partial charge in [-0.1, -0.05) is 19.3 Å². The fourth-order valence-corrected chi connectivity index (χ4v) is 3.95. The smallest absolute Gasteiger partial charge is 0.258 e. The topological polar surface area (TPSA) is 84.7 Å². The molecule has 3 rings (SSSR count). The number of hydrogen-bond acceptors (Lipinski definition) is 4. The molecule has 1 saturated carbocycles. The third kappa shape index (κ3) is 4.75. The molecule has 2 fully saturated rings. The Bertz CT molecular complexity index is 611. The number of nitrogens with two attached hydrogens (primary N) is 1. The van der Waals surface area contributed by atoms with Gasteiger partial charge in [-0.15, -0.1) is 0 Å². The van der Waals surface area contributed by atoms with Crippen LogP contribution < -0.4 is 20.7 Å². The second-order valence-electron chi connectivity index (χ2n) is 7.24. The molecule has 1 aromatic carbocycles. The molecule has 142 valence electrons. The molecule has 1 aliphatic heterocycles. The fraction of sp³-hybridized carbons (Fsp3) is 0.600. The number of nitrogens with zero attached hydrogens (tertiary/aromatic N) is 1. The SMILES string of the molecule is NCC(NC(=O)COc1ccc(N2CCCC2=O)cc1)C1CCCCC1. The van der Waals surface area contributed by atoms with Crippen LogP contribution in [0.2, 0.25) is 0 Å². The molecule has 2 amide bonds. The van der Waals surface area contributed by atoms with Crippen molar-refractivity contribution in [1.29, 1.82) is 0 Å². The minimum absolute atomic E-state index is 0.0226. The molecule has 2 aliphatic rings. The van der Waals surface area contributed by atoms with Crippen LogP contribution in [0.25, 0.3) is 0 Å². The first-order chi connectivity index (χ1) is 12.7. The molecule has 6 nitrogen and oxygen atoms in total. The van der Waals surface area contributed by atoms with Crippen LogP contribution in [-0.2, 0) is 9.59 Å². The van der Waals surface area contributed by atoms with Gasteiger partial charge >= 0.3 is 0 Å². The fourth-order valence-electron chi connectivity index (χ4n) is 3.95. The van der Waals surface area contributed by atoms with E-state index in [-0.39, 0.29) is 24.5 Å². The van der Waals surface area contributed by atoms with Gasteiger partial charge in [-0.25, -0.2) is 0 Å². The number of ether oxygens (including phenoxy) is 1. The molecular formula is C20H29N3O3. The van der Waals surface area contributed by atoms with Crippen molar-refractivity contribution in [2.24, 2.45) is 11.7 Å². The number of amides is 2. The third-order valence-corrected chi connectivity index (χ3v) is 5.41. The first-order valence-corrected chi connectivity index (χ1v) is 9.70. The van der Waals surface area contributed by atoms with Gasteiger partial charge < -0.3 is 20.7 Å². The maximum atomic E-state index is 12.2. The van der Waals surface area contributed by atoms with E-state index in [4.69, 9.17) is 10.5 Å². The van der Waals surface area contributed by atoms with Crippen LogP contribution in [0.4, 0.5) is 5.69 Å². The Morgan fingerprint density at radius 1 is 1.19 bits per heavy atom. The van der Waals surface area contributed by atoms with Crippen molar-refractivity contribution in [1.82, 2.24) is 5.32 Å². The van der Waals surface area contributed by atoms with E-state index in [0.717, 1.165) is 31.5 Å². The van der Waals surface area contributed by atoms with Gasteiger partial charge in [0.25, 0.3) is 5.91 Å². The van der Waals surface area contributed by atoms with Crippen molar-refractivity contribution in [3.05, 3.63) is 24.3 Å². The molecule has 0 spiro atoms. The summed E-state index contributed by atoms with van der Waals surface area (Å²) in [5.74, 6) is 1.13. The van der Waals surface area contributed by atoms with Crippen molar-refractivity contribution >= 4 is 17.5 Å². The van der Waals surface area contributed by atoms with E-state index in [1.54, 1.807) is 17.0 Å². The van der Waals surface area contributed by atoms with E-state index in [1.165, 1.54) is 19.3 Å². The normalized spacial score (nSPS) is 19.4. The van der Waals surface area contributed by atoms with Crippen molar-refractivity contribution in [2.45, 2.75) is 51.0 Å². The van der Waals surface area contributed by atoms with Crippen LogP contribution in [0.3, 0.4) is 0 Å². The van der Waals surface area contributed by atoms with E-state index in [2.05, 4.69) is 5.32 Å². The maximum absolute atomic E-state index is 12.2. The van der Waals surface area contributed by atoms with Crippen LogP contribution in [-0.4, -0.2) is 37.6 Å². The number of rotatable bonds is 7. The van der Waals surface area contributed by atoms with Crippen LogP contribution in [0.15, 0.2) is 24.3 Å². The molecule has 1 atom stereocenters. The van der Waals surface area contributed by atoms with E-state index in [0.29, 0.717) is 24.6 Å². The average molecular weight is 359 g/mol. The third-order valence-electron chi connectivity index (χ3n) is 5.41. The Balaban J connectivity index is 1.47. The van der Waals surface area contributed by atoms with E-state index >= 15 is 0 Å². The molecule has 0 bridgehead atoms. The summed E-state index contributed by atoms with van der Waals surface area (Å²) in [6.07, 6.45) is 7.52. The van der Waals surface area contributed by atoms with Gasteiger partial charge in [0.2, 0.25) is 5.91 Å². The van der Waals surface area contributed by atoms with Gasteiger partial charge in [-0.2, -0.15) is 0 Å². The molecule has 6 heteroatoms. The zero-order chi connectivity index (χ0) is 18.4. The lowest BCUT2D eigenvalue weighted by Gasteiger charge is -2.30. The highest BCUT2D eigenvalue weighted by Gasteiger charge is 2.24. The molecule has 1 saturated heterocycles. The predicted octanol–water partition coefficient (Wildman–Crippen LogP) is 2.22. The number of hydrogen-bond donors (Lipinski definition) is 2. The minimum Gasteiger partial charge on any atom is -0.484 e. The van der Waals surface area contributed by atoms with E-state index in [9.17, 15) is 9.59 Å². The van der Waals surface area contributed by atoms with Crippen LogP contribution in [0.5, 0.6) is 5.75 Å². The van der Waals surface area contributed by atoms with Crippen LogP contribution in [0, 0.1) is 5.92 Å². The largest absolute Gasteiger partial charge is 0.484 e. The molecular weight excluding hydrogens is 330 g/mol. The molecule has 3 N–H and O–H groups in total. The van der Waals surface area contributed by atoms with E-state index < -0.39 is 0 Å². The van der Waals surface area contributed by atoms with Crippen molar-refractivity contribution in [2.75, 3.05) is 24.6 Å². The van der Waals surface area contributed by atoms with Gasteiger partial charge in [-0.3, -0.25) is 9.59 Å². The molecule has 1 heterocycles. The first-order valence-electron chi connectivity index (χ1n) is 9.70. The Hall–Kier alpha value is -2.08. The Morgan fingerprint density at radius 2 is 1.92 bits per heavy atom. The highest BCUT2D eigenvalue weighted by molar-refractivity contribution is 5.95. The number of anilines is 1. The summed E-state index contributed by atoms with van der Waals surface area (Å²) in [6, 6.07) is 7.36. The monoisotopic (exact) mass is 359 g/mol. The Morgan fingerprint density at radius 3 is 2.54 bits per heavy atom. The predicted molar refractivity (Wildman–Crippen MR) is 101 cm³/mol. The van der Waals surface area contributed by atoms with Gasteiger partial charge in [0.05, 0.1) is 0 Å². The van der Waals surface area contributed by atoms with E-state index in [1.807, 2.05) is 12.1 Å². The zero-order valence-electron chi connectivity index (χ0n) is 15.3. The number of nitrogens with one attached hydrogen (secondary N) is 1. The van der Waals surface area contributed by atoms with Gasteiger partial charge in [0.1, 0.15) is 5.75 Å². The van der Waals surface area contributed by atoms with Gasteiger partial charge in [0.15, 0.2) is 6.61 Å². The molecule has 26 heavy (non-hydrogen) atoms. The standard InChI is InChI=1S/C20H29N3O3/c21-13-18(15-5-2-1-3-6-15)22-19(24)14-26-17-10-8-16(9-11-17)23-12-4-7-20(23)25/h8-11,15,18H,1-7,12-14,21H2,(H,22,24). The summed E-state index contributed by atoms with van der Waals surface area (Å²) in [6.45, 7) is 1.21. The lowest BCUT2D eigenvalue weighted by Crippen LogP contribution is -2.47. The molecule has 0 radical (unpaired) electrons. The lowest BCUT2D eigenvalue weighted by atomic mass is 9.84. The highest BCUT2D eigenvalue weighted by atomic mass is 16.5. The van der Waals surface area contributed by atoms with Crippen molar-refractivity contribution in [3.8, 4) is 5.75 Å².